The Morgan fingerprint density at radius 2 is 1.81 bits per heavy atom. The molecule has 0 aliphatic heterocycles. The zero-order valence-electron chi connectivity index (χ0n) is 12.9. The van der Waals surface area contributed by atoms with Crippen LogP contribution in [-0.2, 0) is 20.9 Å². The van der Waals surface area contributed by atoms with Gasteiger partial charge in [0.25, 0.3) is 0 Å². The summed E-state index contributed by atoms with van der Waals surface area (Å²) in [4.78, 5) is 23.3. The number of aliphatic carboxylic acids is 1. The molecule has 0 aliphatic carbocycles. The van der Waals surface area contributed by atoms with Crippen LogP contribution in [0.25, 0.3) is 0 Å². The molecule has 1 rings (SSSR count). The van der Waals surface area contributed by atoms with Crippen molar-refractivity contribution in [2.24, 2.45) is 5.41 Å². The summed E-state index contributed by atoms with van der Waals surface area (Å²) in [6.45, 7) is 7.22. The Morgan fingerprint density at radius 3 is 2.29 bits per heavy atom. The highest BCUT2D eigenvalue weighted by Gasteiger charge is 2.33. The van der Waals surface area contributed by atoms with Crippen LogP contribution in [0.15, 0.2) is 30.3 Å². The second kappa shape index (κ2) is 7.22. The number of nitrogens with one attached hydrogen (secondary N) is 1. The maximum atomic E-state index is 12.0. The Kier molecular flexibility index (Phi) is 5.90. The average Bonchev–Trinajstić information content (AvgIpc) is 2.41. The van der Waals surface area contributed by atoms with E-state index in [0.29, 0.717) is 6.61 Å². The normalized spacial score (nSPS) is 14.3. The van der Waals surface area contributed by atoms with Crippen molar-refractivity contribution in [1.29, 1.82) is 0 Å². The second-order valence-corrected chi connectivity index (χ2v) is 6.08. The second-order valence-electron chi connectivity index (χ2n) is 6.08. The van der Waals surface area contributed by atoms with Crippen LogP contribution in [0, 0.1) is 5.41 Å². The summed E-state index contributed by atoms with van der Waals surface area (Å²) >= 11 is 0. The standard InChI is InChI=1S/C16H23NO4/c1-11(21-10-12-8-6-5-7-9-12)14(18)17-13(15(19)20)16(2,3)4/h5-9,11,13H,10H2,1-4H3,(H,17,18)(H,19,20)/t11?,13-/m0/s1. The molecule has 0 aliphatic rings. The van der Waals surface area contributed by atoms with Crippen molar-refractivity contribution in [1.82, 2.24) is 5.32 Å². The maximum absolute atomic E-state index is 12.0. The molecule has 1 amide bonds. The molecule has 0 saturated heterocycles. The highest BCUT2D eigenvalue weighted by Crippen LogP contribution is 2.19. The van der Waals surface area contributed by atoms with Gasteiger partial charge < -0.3 is 15.2 Å². The molecule has 116 valence electrons. The van der Waals surface area contributed by atoms with Crippen LogP contribution < -0.4 is 5.32 Å². The fourth-order valence-electron chi connectivity index (χ4n) is 1.78. The molecule has 0 radical (unpaired) electrons. The van der Waals surface area contributed by atoms with Gasteiger partial charge in [0.05, 0.1) is 6.61 Å². The van der Waals surface area contributed by atoms with E-state index in [1.54, 1.807) is 27.7 Å². The first kappa shape index (κ1) is 17.2. The molecular formula is C16H23NO4. The molecule has 0 spiro atoms. The minimum atomic E-state index is -1.05. The van der Waals surface area contributed by atoms with Crippen molar-refractivity contribution in [2.45, 2.75) is 46.4 Å². The monoisotopic (exact) mass is 293 g/mol. The molecule has 0 heterocycles. The van der Waals surface area contributed by atoms with Gasteiger partial charge in [-0.25, -0.2) is 4.79 Å². The number of amides is 1. The van der Waals surface area contributed by atoms with Gasteiger partial charge in [-0.15, -0.1) is 0 Å². The first-order valence-corrected chi connectivity index (χ1v) is 6.90. The van der Waals surface area contributed by atoms with Gasteiger partial charge in [-0.1, -0.05) is 51.1 Å². The molecular weight excluding hydrogens is 270 g/mol. The van der Waals surface area contributed by atoms with E-state index in [4.69, 9.17) is 4.74 Å². The van der Waals surface area contributed by atoms with Gasteiger partial charge in [0.15, 0.2) is 0 Å². The Hall–Kier alpha value is -1.88. The van der Waals surface area contributed by atoms with Crippen molar-refractivity contribution < 1.29 is 19.4 Å². The van der Waals surface area contributed by atoms with E-state index < -0.39 is 29.4 Å². The highest BCUT2D eigenvalue weighted by atomic mass is 16.5. The third-order valence-electron chi connectivity index (χ3n) is 3.11. The van der Waals surface area contributed by atoms with Crippen molar-refractivity contribution in [3.63, 3.8) is 0 Å². The van der Waals surface area contributed by atoms with Crippen LogP contribution in [0.4, 0.5) is 0 Å². The van der Waals surface area contributed by atoms with Crippen LogP contribution in [0.5, 0.6) is 0 Å². The molecule has 2 atom stereocenters. The van der Waals surface area contributed by atoms with Gasteiger partial charge in [-0.05, 0) is 17.9 Å². The number of hydrogen-bond donors (Lipinski definition) is 2. The molecule has 2 N–H and O–H groups in total. The zero-order valence-corrected chi connectivity index (χ0v) is 12.9. The molecule has 0 aromatic heterocycles. The largest absolute Gasteiger partial charge is 0.480 e. The predicted octanol–water partition coefficient (Wildman–Crippen LogP) is 2.21. The third kappa shape index (κ3) is 5.55. The minimum Gasteiger partial charge on any atom is -0.480 e. The number of carbonyl (C=O) groups excluding carboxylic acids is 1. The maximum Gasteiger partial charge on any atom is 0.326 e. The van der Waals surface area contributed by atoms with E-state index in [2.05, 4.69) is 5.32 Å². The van der Waals surface area contributed by atoms with Crippen molar-refractivity contribution in [2.75, 3.05) is 0 Å². The molecule has 0 saturated carbocycles. The smallest absolute Gasteiger partial charge is 0.326 e. The third-order valence-corrected chi connectivity index (χ3v) is 3.11. The Balaban J connectivity index is 2.56. The average molecular weight is 293 g/mol. The Bertz CT molecular complexity index is 479. The number of carboxylic acid groups (broad SMARTS) is 1. The Labute approximate surface area is 125 Å². The zero-order chi connectivity index (χ0) is 16.0. The van der Waals surface area contributed by atoms with Crippen molar-refractivity contribution >= 4 is 11.9 Å². The summed E-state index contributed by atoms with van der Waals surface area (Å²) in [6, 6.07) is 8.54. The predicted molar refractivity (Wildman–Crippen MR) is 79.7 cm³/mol. The number of rotatable bonds is 6. The molecule has 5 heteroatoms. The lowest BCUT2D eigenvalue weighted by atomic mass is 9.86. The number of carbonyl (C=O) groups is 2. The number of benzene rings is 1. The first-order valence-electron chi connectivity index (χ1n) is 6.90. The summed E-state index contributed by atoms with van der Waals surface area (Å²) in [5.41, 5.74) is 0.392. The van der Waals surface area contributed by atoms with Gasteiger partial charge in [-0.3, -0.25) is 4.79 Å². The number of hydrogen-bond acceptors (Lipinski definition) is 3. The van der Waals surface area contributed by atoms with Crippen LogP contribution in [0.3, 0.4) is 0 Å². The molecule has 21 heavy (non-hydrogen) atoms. The first-order chi connectivity index (χ1) is 9.71. The topological polar surface area (TPSA) is 75.6 Å². The van der Waals surface area contributed by atoms with Gasteiger partial charge in [0.2, 0.25) is 5.91 Å². The van der Waals surface area contributed by atoms with E-state index >= 15 is 0 Å². The number of ether oxygens (including phenoxy) is 1. The quantitative estimate of drug-likeness (QED) is 0.843. The van der Waals surface area contributed by atoms with Gasteiger partial charge in [0, 0.05) is 0 Å². The highest BCUT2D eigenvalue weighted by molar-refractivity contribution is 5.86. The van der Waals surface area contributed by atoms with E-state index in [1.807, 2.05) is 30.3 Å². The molecule has 1 aromatic carbocycles. The summed E-state index contributed by atoms with van der Waals surface area (Å²) in [6.07, 6.45) is -0.714. The minimum absolute atomic E-state index is 0.308. The Morgan fingerprint density at radius 1 is 1.24 bits per heavy atom. The lowest BCUT2D eigenvalue weighted by Crippen LogP contribution is -2.51. The van der Waals surface area contributed by atoms with Crippen LogP contribution in [0.1, 0.15) is 33.3 Å². The fourth-order valence-corrected chi connectivity index (χ4v) is 1.78. The summed E-state index contributed by atoms with van der Waals surface area (Å²) in [5, 5.41) is 11.7. The summed E-state index contributed by atoms with van der Waals surface area (Å²) in [7, 11) is 0. The lowest BCUT2D eigenvalue weighted by molar-refractivity contribution is -0.147. The molecule has 0 bridgehead atoms. The van der Waals surface area contributed by atoms with E-state index in [9.17, 15) is 14.7 Å². The molecule has 1 unspecified atom stereocenters. The van der Waals surface area contributed by atoms with Crippen LogP contribution in [0.2, 0.25) is 0 Å². The van der Waals surface area contributed by atoms with Gasteiger partial charge >= 0.3 is 5.97 Å². The molecule has 5 nitrogen and oxygen atoms in total. The van der Waals surface area contributed by atoms with E-state index in [-0.39, 0.29) is 0 Å². The van der Waals surface area contributed by atoms with Gasteiger partial charge in [-0.2, -0.15) is 0 Å². The summed E-state index contributed by atoms with van der Waals surface area (Å²) < 4.78 is 5.48. The SMILES string of the molecule is CC(OCc1ccccc1)C(=O)N[C@@H](C(=O)O)C(C)(C)C. The summed E-state index contributed by atoms with van der Waals surface area (Å²) in [5.74, 6) is -1.47. The van der Waals surface area contributed by atoms with Gasteiger partial charge in [0.1, 0.15) is 12.1 Å². The lowest BCUT2D eigenvalue weighted by Gasteiger charge is -2.28. The molecule has 0 fully saturated rings. The molecule has 1 aromatic rings. The number of carboxylic acids is 1. The van der Waals surface area contributed by atoms with E-state index in [1.165, 1.54) is 0 Å². The van der Waals surface area contributed by atoms with Crippen LogP contribution >= 0.6 is 0 Å². The van der Waals surface area contributed by atoms with E-state index in [0.717, 1.165) is 5.56 Å². The van der Waals surface area contributed by atoms with Crippen molar-refractivity contribution in [3.8, 4) is 0 Å². The van der Waals surface area contributed by atoms with Crippen molar-refractivity contribution in [3.05, 3.63) is 35.9 Å². The van der Waals surface area contributed by atoms with Crippen LogP contribution in [-0.4, -0.2) is 29.1 Å². The fraction of sp³-hybridized carbons (Fsp3) is 0.500.